The molecule has 195 valence electrons. The van der Waals surface area contributed by atoms with Crippen LogP contribution in [0.2, 0.25) is 0 Å². The van der Waals surface area contributed by atoms with Crippen molar-refractivity contribution in [3.05, 3.63) is 80.7 Å². The van der Waals surface area contributed by atoms with E-state index in [9.17, 15) is 0 Å². The monoisotopic (exact) mass is 722 g/mol. The molecule has 0 saturated heterocycles. The molecule has 0 amide bonds. The minimum atomic E-state index is -2.58. The summed E-state index contributed by atoms with van der Waals surface area (Å²) in [6, 6.07) is 23.6. The fourth-order valence-corrected chi connectivity index (χ4v) is 65.8. The summed E-state index contributed by atoms with van der Waals surface area (Å²) in [6.07, 6.45) is 8.55. The first kappa shape index (κ1) is 26.5. The molecule has 7 rings (SSSR count). The Balaban J connectivity index is 1.51. The van der Waals surface area contributed by atoms with Crippen LogP contribution >= 0.6 is 0 Å². The Morgan fingerprint density at radius 2 is 1.11 bits per heavy atom. The fourth-order valence-electron chi connectivity index (χ4n) is 10.6. The van der Waals surface area contributed by atoms with Crippen molar-refractivity contribution in [3.63, 3.8) is 0 Å². The predicted octanol–water partition coefficient (Wildman–Crippen LogP) is 7.05. The second kappa shape index (κ2) is 9.17. The number of rotatable bonds is 6. The predicted molar refractivity (Wildman–Crippen MR) is 157 cm³/mol. The van der Waals surface area contributed by atoms with Crippen LogP contribution < -0.4 is 12.1 Å². The van der Waals surface area contributed by atoms with Crippen molar-refractivity contribution < 1.29 is 19.2 Å². The van der Waals surface area contributed by atoms with Gasteiger partial charge >= 0.3 is 237 Å². The summed E-state index contributed by atoms with van der Waals surface area (Å²) >= 11 is -2.58. The third-order valence-electron chi connectivity index (χ3n) is 10.7. The van der Waals surface area contributed by atoms with Gasteiger partial charge in [-0.15, -0.1) is 0 Å². The maximum absolute atomic E-state index is 4.89. The summed E-state index contributed by atoms with van der Waals surface area (Å²) in [5, 5.41) is 0. The molecule has 0 aliphatic heterocycles. The Kier molecular flexibility index (Phi) is 6.57. The van der Waals surface area contributed by atoms with Crippen LogP contribution in [0.3, 0.4) is 0 Å². The Bertz CT molecular complexity index is 1170. The second-order valence-corrected chi connectivity index (χ2v) is 45.7. The number of hydrogen-bond acceptors (Lipinski definition) is 1. The molecule has 0 aromatic heterocycles. The van der Waals surface area contributed by atoms with Crippen molar-refractivity contribution in [2.24, 2.45) is 22.2 Å². The van der Waals surface area contributed by atoms with E-state index in [2.05, 4.69) is 109 Å². The quantitative estimate of drug-likeness (QED) is 0.316. The van der Waals surface area contributed by atoms with Gasteiger partial charge in [-0.25, -0.2) is 0 Å². The van der Waals surface area contributed by atoms with Crippen LogP contribution in [0.4, 0.5) is 0 Å². The standard InChI is InChI=1S/C13H22N.C12H11Ge.C9H13.Hf/c1-10-4-11(2)6-12(3,5-10)9-13(14,7-10)8-11;1-3-7-11(8-4-1)13-12-9-5-2-6-10-12;1-6-5-7(2)9(4)8(6)3;/h14H,4-9H2,1-3H3;1-10,13H;6H,1-4H3;/q-1;;;+1. The van der Waals surface area contributed by atoms with Gasteiger partial charge in [-0.05, 0) is 0 Å². The van der Waals surface area contributed by atoms with Gasteiger partial charge in [-0.2, -0.15) is 0 Å². The molecule has 3 heteroatoms. The first-order chi connectivity index (χ1) is 17.4. The van der Waals surface area contributed by atoms with Crippen LogP contribution in [0.5, 0.6) is 0 Å². The Hall–Kier alpha value is -0.707. The van der Waals surface area contributed by atoms with Gasteiger partial charge in [-0.1, -0.05) is 0 Å². The third-order valence-corrected chi connectivity index (χ3v) is 55.3. The molecule has 37 heavy (non-hydrogen) atoms. The van der Waals surface area contributed by atoms with E-state index < -0.39 is 29.9 Å². The minimum absolute atomic E-state index is 0.347. The SMILES string of the molecule is CC1=C(C)C(C)[C]([Hf]([NH]C23CC4(C)CC(C)(CC(C)(C4)C2)C3)[GeH]([c]2ccccc2)[c]2ccccc2)=C1C. The molecule has 0 radical (unpaired) electrons. The summed E-state index contributed by atoms with van der Waals surface area (Å²) in [4.78, 5) is 0. The van der Waals surface area contributed by atoms with Crippen molar-refractivity contribution in [1.82, 2.24) is 3.30 Å². The average molecular weight is 720 g/mol. The van der Waals surface area contributed by atoms with Gasteiger partial charge in [0.05, 0.1) is 0 Å². The number of hydrogen-bond donors (Lipinski definition) is 1. The van der Waals surface area contributed by atoms with E-state index in [-0.39, 0.29) is 0 Å². The maximum atomic E-state index is 4.89. The average Bonchev–Trinajstić information content (AvgIpc) is 2.99. The first-order valence-electron chi connectivity index (χ1n) is 14.6. The number of benzene rings is 2. The van der Waals surface area contributed by atoms with E-state index in [1.807, 2.05) is 3.33 Å². The molecule has 1 atom stereocenters. The Morgan fingerprint density at radius 3 is 1.49 bits per heavy atom. The summed E-state index contributed by atoms with van der Waals surface area (Å²) in [5.41, 5.74) is 6.77. The van der Waals surface area contributed by atoms with Crippen LogP contribution in [0.25, 0.3) is 0 Å². The van der Waals surface area contributed by atoms with E-state index in [0.717, 1.165) is 0 Å². The van der Waals surface area contributed by atoms with Crippen LogP contribution in [-0.2, 0) is 19.2 Å². The van der Waals surface area contributed by atoms with Crippen molar-refractivity contribution in [2.45, 2.75) is 92.5 Å². The molecule has 1 N–H and O–H groups in total. The van der Waals surface area contributed by atoms with Gasteiger partial charge in [-0.3, -0.25) is 0 Å². The van der Waals surface area contributed by atoms with Gasteiger partial charge in [0.25, 0.3) is 0 Å². The Morgan fingerprint density at radius 1 is 0.676 bits per heavy atom. The number of allylic oxidation sites excluding steroid dienone is 4. The molecule has 4 saturated carbocycles. The zero-order chi connectivity index (χ0) is 26.2. The van der Waals surface area contributed by atoms with Crippen molar-refractivity contribution in [1.29, 1.82) is 0 Å². The molecule has 4 bridgehead atoms. The molecule has 1 nitrogen and oxygen atoms in total. The molecule has 5 aliphatic carbocycles. The van der Waals surface area contributed by atoms with E-state index in [0.29, 0.717) is 27.7 Å². The molecule has 2 aromatic carbocycles. The van der Waals surface area contributed by atoms with E-state index in [1.165, 1.54) is 38.5 Å². The molecular weight excluding hydrogens is 673 g/mol. The van der Waals surface area contributed by atoms with Crippen molar-refractivity contribution in [3.8, 4) is 0 Å². The zero-order valence-corrected chi connectivity index (χ0v) is 30.2. The van der Waals surface area contributed by atoms with Crippen molar-refractivity contribution >= 4 is 19.4 Å². The van der Waals surface area contributed by atoms with Gasteiger partial charge < -0.3 is 0 Å². The molecule has 4 fully saturated rings. The molecule has 0 heterocycles. The van der Waals surface area contributed by atoms with Crippen LogP contribution in [0.15, 0.2) is 80.7 Å². The Labute approximate surface area is 235 Å². The van der Waals surface area contributed by atoms with Gasteiger partial charge in [0.2, 0.25) is 0 Å². The third kappa shape index (κ3) is 4.59. The fraction of sp³-hybridized carbons (Fsp3) is 0.529. The van der Waals surface area contributed by atoms with E-state index >= 15 is 0 Å². The van der Waals surface area contributed by atoms with Crippen LogP contribution in [0.1, 0.15) is 87.0 Å². The summed E-state index contributed by atoms with van der Waals surface area (Å²) < 4.78 is 10.2. The molecule has 5 aliphatic rings. The molecular formula is C34H46GeHfN. The summed E-state index contributed by atoms with van der Waals surface area (Å²) in [7, 11) is -2.11. The van der Waals surface area contributed by atoms with Gasteiger partial charge in [0.15, 0.2) is 0 Å². The summed E-state index contributed by atoms with van der Waals surface area (Å²) in [5.74, 6) is 0.617. The first-order valence-corrected chi connectivity index (χ1v) is 32.6. The van der Waals surface area contributed by atoms with Crippen LogP contribution in [-0.4, -0.2) is 16.2 Å². The molecule has 1 unspecified atom stereocenters. The zero-order valence-electron chi connectivity index (χ0n) is 24.2. The van der Waals surface area contributed by atoms with Crippen molar-refractivity contribution in [2.75, 3.05) is 0 Å². The molecule has 2 aromatic rings. The van der Waals surface area contributed by atoms with Gasteiger partial charge in [0, 0.05) is 0 Å². The topological polar surface area (TPSA) is 12.0 Å². The van der Waals surface area contributed by atoms with E-state index in [1.54, 1.807) is 25.5 Å². The normalized spacial score (nSPS) is 36.7. The van der Waals surface area contributed by atoms with Crippen LogP contribution in [0, 0.1) is 22.2 Å². The van der Waals surface area contributed by atoms with E-state index in [4.69, 9.17) is 3.30 Å². The second-order valence-electron chi connectivity index (χ2n) is 14.6. The summed E-state index contributed by atoms with van der Waals surface area (Å²) in [6.45, 7) is 17.8. The molecule has 0 spiro atoms. The number of nitrogens with one attached hydrogen (secondary N) is 1. The van der Waals surface area contributed by atoms with Gasteiger partial charge in [0.1, 0.15) is 0 Å².